The Bertz CT molecular complexity index is 450. The molecular weight excluding hydrogens is 275 g/mol. The Hall–Kier alpha value is -1.17. The van der Waals surface area contributed by atoms with Gasteiger partial charge in [0.25, 0.3) is 5.91 Å². The minimum Gasteiger partial charge on any atom is -0.370 e. The summed E-state index contributed by atoms with van der Waals surface area (Å²) >= 11 is 0. The van der Waals surface area contributed by atoms with Crippen LogP contribution in [0.3, 0.4) is 0 Å². The number of alkyl halides is 1. The molecule has 2 bridgehead atoms. The van der Waals surface area contributed by atoms with Gasteiger partial charge in [0, 0.05) is 19.1 Å². The molecule has 3 unspecified atom stereocenters. The van der Waals surface area contributed by atoms with Crippen LogP contribution in [0.1, 0.15) is 39.5 Å². The maximum atomic E-state index is 14.3. The zero-order chi connectivity index (χ0) is 15.2. The van der Waals surface area contributed by atoms with Crippen LogP contribution in [-0.4, -0.2) is 53.7 Å². The van der Waals surface area contributed by atoms with Crippen molar-refractivity contribution in [1.29, 1.82) is 0 Å². The molecule has 2 aliphatic heterocycles. The quantitative estimate of drug-likeness (QED) is 0.846. The second-order valence-electron chi connectivity index (χ2n) is 6.83. The third kappa shape index (κ3) is 2.65. The van der Waals surface area contributed by atoms with Crippen LogP contribution >= 0.6 is 0 Å². The fourth-order valence-corrected chi connectivity index (χ4v) is 3.48. The molecule has 118 valence electrons. The number of fused-ring (bicyclic) bond motifs is 2. The van der Waals surface area contributed by atoms with Crippen LogP contribution in [0.5, 0.6) is 0 Å². The number of rotatable bonds is 3. The Morgan fingerprint density at radius 1 is 1.33 bits per heavy atom. The Morgan fingerprint density at radius 2 is 2.05 bits per heavy atom. The van der Waals surface area contributed by atoms with Crippen molar-refractivity contribution in [3.05, 3.63) is 0 Å². The second kappa shape index (κ2) is 5.23. The highest BCUT2D eigenvalue weighted by Crippen LogP contribution is 2.40. The molecule has 1 aliphatic carbocycles. The summed E-state index contributed by atoms with van der Waals surface area (Å²) in [6.07, 6.45) is 1.62. The molecule has 0 aromatic rings. The normalized spacial score (nSPS) is 33.7. The molecule has 6 heteroatoms. The number of amides is 2. The number of hydrogen-bond donors (Lipinski definition) is 1. The molecule has 2 saturated heterocycles. The largest absolute Gasteiger partial charge is 0.370 e. The van der Waals surface area contributed by atoms with E-state index in [1.807, 2.05) is 13.8 Å². The van der Waals surface area contributed by atoms with Gasteiger partial charge in [-0.3, -0.25) is 9.59 Å². The lowest BCUT2D eigenvalue weighted by Gasteiger charge is -2.40. The van der Waals surface area contributed by atoms with Crippen LogP contribution in [0.25, 0.3) is 0 Å². The minimum atomic E-state index is -1.66. The summed E-state index contributed by atoms with van der Waals surface area (Å²) in [5.74, 6) is -0.658. The molecule has 2 amide bonds. The lowest BCUT2D eigenvalue weighted by molar-refractivity contribution is -0.159. The Kier molecular flexibility index (Phi) is 3.67. The highest BCUT2D eigenvalue weighted by atomic mass is 19.1. The van der Waals surface area contributed by atoms with Gasteiger partial charge in [-0.25, -0.2) is 4.39 Å². The molecule has 0 radical (unpaired) electrons. The minimum absolute atomic E-state index is 0.0228. The van der Waals surface area contributed by atoms with Crippen molar-refractivity contribution in [2.24, 2.45) is 5.92 Å². The van der Waals surface area contributed by atoms with Crippen molar-refractivity contribution in [2.75, 3.05) is 13.1 Å². The SMILES string of the molecule is CC(C)NC(=O)C1CC2CN(C(=O)C3(F)CCC3)CC1O2. The standard InChI is InChI=1S/C15H23FN2O3/c1-9(2)17-13(19)11-6-10-7-18(8-12(11)21-10)14(20)15(16)4-3-5-15/h9-12H,3-8H2,1-2H3,(H,17,19). The summed E-state index contributed by atoms with van der Waals surface area (Å²) in [6, 6.07) is 0.0831. The van der Waals surface area contributed by atoms with Crippen molar-refractivity contribution in [2.45, 2.75) is 63.4 Å². The van der Waals surface area contributed by atoms with Gasteiger partial charge in [-0.15, -0.1) is 0 Å². The fraction of sp³-hybridized carbons (Fsp3) is 0.867. The van der Waals surface area contributed by atoms with Gasteiger partial charge in [0.2, 0.25) is 5.91 Å². The smallest absolute Gasteiger partial charge is 0.260 e. The molecule has 1 N–H and O–H groups in total. The van der Waals surface area contributed by atoms with Gasteiger partial charge in [0.05, 0.1) is 18.1 Å². The first kappa shape index (κ1) is 14.8. The zero-order valence-electron chi connectivity index (χ0n) is 12.6. The van der Waals surface area contributed by atoms with Crippen LogP contribution in [0.2, 0.25) is 0 Å². The fourth-order valence-electron chi connectivity index (χ4n) is 3.48. The number of nitrogens with zero attached hydrogens (tertiary/aromatic N) is 1. The lowest BCUT2D eigenvalue weighted by Crippen LogP contribution is -2.56. The first-order chi connectivity index (χ1) is 9.89. The molecular formula is C15H23FN2O3. The van der Waals surface area contributed by atoms with Crippen LogP contribution in [0, 0.1) is 5.92 Å². The predicted octanol–water partition coefficient (Wildman–Crippen LogP) is 1.02. The summed E-state index contributed by atoms with van der Waals surface area (Å²) in [5, 5.41) is 2.90. The van der Waals surface area contributed by atoms with Crippen LogP contribution < -0.4 is 5.32 Å². The molecule has 0 spiro atoms. The van der Waals surface area contributed by atoms with E-state index in [4.69, 9.17) is 4.74 Å². The highest BCUT2D eigenvalue weighted by molar-refractivity contribution is 5.86. The molecule has 5 nitrogen and oxygen atoms in total. The average molecular weight is 298 g/mol. The van der Waals surface area contributed by atoms with E-state index in [1.165, 1.54) is 0 Å². The van der Waals surface area contributed by atoms with E-state index in [2.05, 4.69) is 5.32 Å². The summed E-state index contributed by atoms with van der Waals surface area (Å²) < 4.78 is 20.1. The average Bonchev–Trinajstić information content (AvgIpc) is 2.69. The van der Waals surface area contributed by atoms with Crippen molar-refractivity contribution in [3.63, 3.8) is 0 Å². The molecule has 0 aromatic heterocycles. The number of hydrogen-bond acceptors (Lipinski definition) is 3. The van der Waals surface area contributed by atoms with Crippen LogP contribution in [0.4, 0.5) is 4.39 Å². The molecule has 0 aromatic carbocycles. The van der Waals surface area contributed by atoms with Gasteiger partial charge < -0.3 is 15.0 Å². The van der Waals surface area contributed by atoms with Gasteiger partial charge in [-0.05, 0) is 39.5 Å². The van der Waals surface area contributed by atoms with Gasteiger partial charge in [0.15, 0.2) is 5.67 Å². The van der Waals surface area contributed by atoms with Crippen LogP contribution in [0.15, 0.2) is 0 Å². The Balaban J connectivity index is 1.64. The topological polar surface area (TPSA) is 58.6 Å². The number of carbonyl (C=O) groups is 2. The van der Waals surface area contributed by atoms with E-state index in [-0.39, 0.29) is 30.1 Å². The van der Waals surface area contributed by atoms with E-state index in [1.54, 1.807) is 4.90 Å². The number of halogens is 1. The number of nitrogens with one attached hydrogen (secondary N) is 1. The van der Waals surface area contributed by atoms with Gasteiger partial charge in [0.1, 0.15) is 0 Å². The second-order valence-corrected chi connectivity index (χ2v) is 6.83. The Morgan fingerprint density at radius 3 is 2.62 bits per heavy atom. The zero-order valence-corrected chi connectivity index (χ0v) is 12.6. The first-order valence-corrected chi connectivity index (χ1v) is 7.83. The number of carbonyl (C=O) groups excluding carboxylic acids is 2. The van der Waals surface area contributed by atoms with Gasteiger partial charge in [-0.1, -0.05) is 0 Å². The maximum absolute atomic E-state index is 14.3. The molecule has 3 fully saturated rings. The van der Waals surface area contributed by atoms with E-state index < -0.39 is 11.6 Å². The van der Waals surface area contributed by atoms with Crippen molar-refractivity contribution < 1.29 is 18.7 Å². The molecule has 1 saturated carbocycles. The summed E-state index contributed by atoms with van der Waals surface area (Å²) in [4.78, 5) is 26.0. The highest BCUT2D eigenvalue weighted by Gasteiger charge is 2.52. The molecule has 3 atom stereocenters. The monoisotopic (exact) mass is 298 g/mol. The number of likely N-dealkylation sites (tertiary alicyclic amines) is 1. The molecule has 3 rings (SSSR count). The predicted molar refractivity (Wildman–Crippen MR) is 74.3 cm³/mol. The Labute approximate surface area is 124 Å². The summed E-state index contributed by atoms with van der Waals surface area (Å²) in [7, 11) is 0. The van der Waals surface area contributed by atoms with Crippen molar-refractivity contribution in [1.82, 2.24) is 10.2 Å². The molecule has 3 aliphatic rings. The van der Waals surface area contributed by atoms with E-state index in [0.717, 1.165) is 6.42 Å². The third-order valence-corrected chi connectivity index (χ3v) is 4.74. The number of morpholine rings is 1. The summed E-state index contributed by atoms with van der Waals surface area (Å²) in [6.45, 7) is 4.57. The van der Waals surface area contributed by atoms with E-state index in [9.17, 15) is 14.0 Å². The number of ether oxygens (including phenoxy) is 1. The summed E-state index contributed by atoms with van der Waals surface area (Å²) in [5.41, 5.74) is -1.66. The van der Waals surface area contributed by atoms with E-state index in [0.29, 0.717) is 32.4 Å². The third-order valence-electron chi connectivity index (χ3n) is 4.74. The van der Waals surface area contributed by atoms with Crippen LogP contribution in [-0.2, 0) is 14.3 Å². The van der Waals surface area contributed by atoms with Crippen molar-refractivity contribution >= 4 is 11.8 Å². The van der Waals surface area contributed by atoms with Gasteiger partial charge in [-0.2, -0.15) is 0 Å². The maximum Gasteiger partial charge on any atom is 0.260 e. The van der Waals surface area contributed by atoms with Gasteiger partial charge >= 0.3 is 0 Å². The first-order valence-electron chi connectivity index (χ1n) is 7.83. The molecule has 21 heavy (non-hydrogen) atoms. The van der Waals surface area contributed by atoms with Crippen molar-refractivity contribution in [3.8, 4) is 0 Å². The lowest BCUT2D eigenvalue weighted by atomic mass is 9.81. The molecule has 2 heterocycles. The van der Waals surface area contributed by atoms with E-state index >= 15 is 0 Å².